The molecule has 0 spiro atoms. The van der Waals surface area contributed by atoms with Crippen LogP contribution in [0.1, 0.15) is 22.8 Å². The van der Waals surface area contributed by atoms with Crippen LogP contribution in [0.5, 0.6) is 5.75 Å². The molecule has 0 fully saturated rings. The van der Waals surface area contributed by atoms with E-state index in [2.05, 4.69) is 5.32 Å². The Morgan fingerprint density at radius 1 is 0.800 bits per heavy atom. The number of ketones is 1. The van der Waals surface area contributed by atoms with Crippen LogP contribution in [0.15, 0.2) is 60.7 Å². The molecule has 8 heteroatoms. The molecule has 1 N–H and O–H groups in total. The normalized spacial score (nSPS) is 11.6. The quantitative estimate of drug-likeness (QED) is 0.353. The lowest BCUT2D eigenvalue weighted by Crippen LogP contribution is -2.30. The number of ether oxygens (including phenoxy) is 1. The summed E-state index contributed by atoms with van der Waals surface area (Å²) in [6, 6.07) is 12.5. The summed E-state index contributed by atoms with van der Waals surface area (Å²) in [6.07, 6.45) is -1.10. The molecular weight excluding hydrogens is 402 g/mol. The van der Waals surface area contributed by atoms with Gasteiger partial charge in [0.1, 0.15) is 11.6 Å². The lowest BCUT2D eigenvalue weighted by molar-refractivity contribution is -0.122. The number of hydrogen-bond donors (Lipinski definition) is 1. The number of carbonyl (C=O) groups excluding carboxylic acids is 2. The maximum absolute atomic E-state index is 13.7. The standard InChI is InChI=1S/C22H15F4NO3/c1-12(22(29)27-18-11-10-17(24)19(25)20(18)26)30-16-8-4-14(5-9-16)21(28)13-2-6-15(23)7-3-13/h2-12H,1H3,(H,27,29). The van der Waals surface area contributed by atoms with Crippen molar-refractivity contribution in [1.82, 2.24) is 0 Å². The third-order valence-electron chi connectivity index (χ3n) is 4.20. The van der Waals surface area contributed by atoms with Crippen molar-refractivity contribution < 1.29 is 31.9 Å². The van der Waals surface area contributed by atoms with Gasteiger partial charge in [0.25, 0.3) is 5.91 Å². The second-order valence-corrected chi connectivity index (χ2v) is 6.33. The number of carbonyl (C=O) groups is 2. The summed E-state index contributed by atoms with van der Waals surface area (Å²) in [7, 11) is 0. The van der Waals surface area contributed by atoms with Gasteiger partial charge in [-0.1, -0.05) is 0 Å². The summed E-state index contributed by atoms with van der Waals surface area (Å²) >= 11 is 0. The molecule has 0 bridgehead atoms. The molecule has 1 unspecified atom stereocenters. The highest BCUT2D eigenvalue weighted by Gasteiger charge is 2.20. The second kappa shape index (κ2) is 8.77. The maximum atomic E-state index is 13.7. The summed E-state index contributed by atoms with van der Waals surface area (Å²) in [5, 5.41) is 2.12. The van der Waals surface area contributed by atoms with E-state index in [9.17, 15) is 27.2 Å². The van der Waals surface area contributed by atoms with Gasteiger partial charge in [0.2, 0.25) is 0 Å². The molecule has 3 aromatic carbocycles. The molecule has 1 atom stereocenters. The first-order chi connectivity index (χ1) is 14.3. The first-order valence-electron chi connectivity index (χ1n) is 8.77. The lowest BCUT2D eigenvalue weighted by atomic mass is 10.0. The van der Waals surface area contributed by atoms with Gasteiger partial charge in [0.05, 0.1) is 5.69 Å². The SMILES string of the molecule is CC(Oc1ccc(C(=O)c2ccc(F)cc2)cc1)C(=O)Nc1ccc(F)c(F)c1F. The van der Waals surface area contributed by atoms with E-state index in [1.54, 1.807) is 0 Å². The van der Waals surface area contributed by atoms with Crippen molar-refractivity contribution >= 4 is 17.4 Å². The van der Waals surface area contributed by atoms with E-state index in [-0.39, 0.29) is 11.5 Å². The van der Waals surface area contributed by atoms with Crippen LogP contribution in [0.3, 0.4) is 0 Å². The molecule has 0 aromatic heterocycles. The Labute approximate surface area is 169 Å². The van der Waals surface area contributed by atoms with Crippen molar-refractivity contribution in [1.29, 1.82) is 0 Å². The van der Waals surface area contributed by atoms with Crippen LogP contribution in [0.4, 0.5) is 23.2 Å². The van der Waals surface area contributed by atoms with Crippen LogP contribution in [-0.4, -0.2) is 17.8 Å². The molecule has 1 amide bonds. The molecule has 0 heterocycles. The van der Waals surface area contributed by atoms with Crippen LogP contribution >= 0.6 is 0 Å². The number of amides is 1. The van der Waals surface area contributed by atoms with Gasteiger partial charge in [0.15, 0.2) is 29.3 Å². The summed E-state index contributed by atoms with van der Waals surface area (Å²) in [6.45, 7) is 1.38. The number of halogens is 4. The van der Waals surface area contributed by atoms with E-state index in [0.717, 1.165) is 6.07 Å². The minimum Gasteiger partial charge on any atom is -0.481 e. The largest absolute Gasteiger partial charge is 0.481 e. The first-order valence-corrected chi connectivity index (χ1v) is 8.77. The zero-order valence-corrected chi connectivity index (χ0v) is 15.6. The van der Waals surface area contributed by atoms with Crippen LogP contribution in [-0.2, 0) is 4.79 Å². The molecular formula is C22H15F4NO3. The van der Waals surface area contributed by atoms with Gasteiger partial charge in [0, 0.05) is 11.1 Å². The average molecular weight is 417 g/mol. The van der Waals surface area contributed by atoms with Crippen molar-refractivity contribution in [3.63, 3.8) is 0 Å². The summed E-state index contributed by atoms with van der Waals surface area (Å²) < 4.78 is 58.3. The molecule has 30 heavy (non-hydrogen) atoms. The fraction of sp³-hybridized carbons (Fsp3) is 0.0909. The molecule has 3 aromatic rings. The Morgan fingerprint density at radius 2 is 1.37 bits per heavy atom. The van der Waals surface area contributed by atoms with E-state index in [1.807, 2.05) is 0 Å². The predicted molar refractivity (Wildman–Crippen MR) is 101 cm³/mol. The van der Waals surface area contributed by atoms with Gasteiger partial charge >= 0.3 is 0 Å². The van der Waals surface area contributed by atoms with Crippen molar-refractivity contribution in [2.75, 3.05) is 5.32 Å². The molecule has 0 saturated carbocycles. The van der Waals surface area contributed by atoms with Gasteiger partial charge in [-0.15, -0.1) is 0 Å². The Morgan fingerprint density at radius 3 is 1.97 bits per heavy atom. The van der Waals surface area contributed by atoms with E-state index >= 15 is 0 Å². The number of rotatable bonds is 6. The zero-order valence-electron chi connectivity index (χ0n) is 15.6. The predicted octanol–water partition coefficient (Wildman–Crippen LogP) is 4.88. The number of hydrogen-bond acceptors (Lipinski definition) is 3. The van der Waals surface area contributed by atoms with Gasteiger partial charge in [-0.05, 0) is 67.6 Å². The molecule has 154 valence electrons. The minimum absolute atomic E-state index is 0.249. The molecule has 0 saturated heterocycles. The molecule has 0 radical (unpaired) electrons. The fourth-order valence-electron chi connectivity index (χ4n) is 2.57. The van der Waals surface area contributed by atoms with Gasteiger partial charge in [-0.2, -0.15) is 0 Å². The molecule has 3 rings (SSSR count). The fourth-order valence-corrected chi connectivity index (χ4v) is 2.57. The first kappa shape index (κ1) is 21.0. The van der Waals surface area contributed by atoms with Crippen LogP contribution in [0.2, 0.25) is 0 Å². The third-order valence-corrected chi connectivity index (χ3v) is 4.20. The van der Waals surface area contributed by atoms with E-state index < -0.39 is 41.0 Å². The topological polar surface area (TPSA) is 55.4 Å². The second-order valence-electron chi connectivity index (χ2n) is 6.33. The zero-order chi connectivity index (χ0) is 21.8. The van der Waals surface area contributed by atoms with Crippen molar-refractivity contribution in [2.45, 2.75) is 13.0 Å². The molecule has 0 aliphatic carbocycles. The third kappa shape index (κ3) is 4.65. The minimum atomic E-state index is -1.69. The Hall–Kier alpha value is -3.68. The van der Waals surface area contributed by atoms with Crippen molar-refractivity contribution in [2.24, 2.45) is 0 Å². The van der Waals surface area contributed by atoms with Crippen molar-refractivity contribution in [3.8, 4) is 5.75 Å². The summed E-state index contributed by atoms with van der Waals surface area (Å²) in [5.74, 6) is -5.88. The van der Waals surface area contributed by atoms with Crippen LogP contribution in [0.25, 0.3) is 0 Å². The average Bonchev–Trinajstić information content (AvgIpc) is 2.74. The van der Waals surface area contributed by atoms with Crippen LogP contribution in [0, 0.1) is 23.3 Å². The number of nitrogens with one attached hydrogen (secondary N) is 1. The van der Waals surface area contributed by atoms with Crippen molar-refractivity contribution in [3.05, 3.63) is 95.1 Å². The molecule has 0 aliphatic heterocycles. The smallest absolute Gasteiger partial charge is 0.265 e. The van der Waals surface area contributed by atoms with Gasteiger partial charge in [-0.25, -0.2) is 17.6 Å². The number of anilines is 1. The van der Waals surface area contributed by atoms with E-state index in [1.165, 1.54) is 55.5 Å². The highest BCUT2D eigenvalue weighted by molar-refractivity contribution is 6.09. The maximum Gasteiger partial charge on any atom is 0.265 e. The molecule has 0 aliphatic rings. The lowest BCUT2D eigenvalue weighted by Gasteiger charge is -2.15. The van der Waals surface area contributed by atoms with E-state index in [0.29, 0.717) is 17.2 Å². The van der Waals surface area contributed by atoms with Crippen LogP contribution < -0.4 is 10.1 Å². The summed E-state index contributed by atoms with van der Waals surface area (Å²) in [4.78, 5) is 24.5. The van der Waals surface area contributed by atoms with E-state index in [4.69, 9.17) is 4.74 Å². The van der Waals surface area contributed by atoms with Gasteiger partial charge < -0.3 is 10.1 Å². The number of benzene rings is 3. The Bertz CT molecular complexity index is 1080. The highest BCUT2D eigenvalue weighted by Crippen LogP contribution is 2.21. The molecule has 4 nitrogen and oxygen atoms in total. The monoisotopic (exact) mass is 417 g/mol. The Balaban J connectivity index is 1.64. The Kier molecular flexibility index (Phi) is 6.15. The summed E-state index contributed by atoms with van der Waals surface area (Å²) in [5.41, 5.74) is 0.121. The van der Waals surface area contributed by atoms with Gasteiger partial charge in [-0.3, -0.25) is 9.59 Å². The highest BCUT2D eigenvalue weighted by atomic mass is 19.2.